The van der Waals surface area contributed by atoms with E-state index in [0.29, 0.717) is 47.8 Å². The minimum atomic E-state index is 0.485. The van der Waals surface area contributed by atoms with Crippen molar-refractivity contribution in [3.63, 3.8) is 0 Å². The van der Waals surface area contributed by atoms with E-state index in [2.05, 4.69) is 15.6 Å². The van der Waals surface area contributed by atoms with Crippen LogP contribution in [0.25, 0.3) is 0 Å². The van der Waals surface area contributed by atoms with Crippen molar-refractivity contribution in [2.24, 2.45) is 4.99 Å². The van der Waals surface area contributed by atoms with E-state index in [1.54, 1.807) is 35.5 Å². The Morgan fingerprint density at radius 2 is 1.43 bits per heavy atom. The third-order valence-electron chi connectivity index (χ3n) is 4.44. The zero-order chi connectivity index (χ0) is 21.9. The second-order valence-corrected chi connectivity index (χ2v) is 6.23. The van der Waals surface area contributed by atoms with Gasteiger partial charge in [-0.3, -0.25) is 0 Å². The van der Waals surface area contributed by atoms with Gasteiger partial charge in [0, 0.05) is 18.7 Å². The molecule has 8 nitrogen and oxygen atoms in total. The molecule has 8 heteroatoms. The molecule has 0 amide bonds. The molecule has 0 bridgehead atoms. The van der Waals surface area contributed by atoms with Gasteiger partial charge in [0.25, 0.3) is 0 Å². The lowest BCUT2D eigenvalue weighted by Crippen LogP contribution is -2.36. The van der Waals surface area contributed by atoms with Gasteiger partial charge in [-0.2, -0.15) is 0 Å². The van der Waals surface area contributed by atoms with Crippen LogP contribution in [0.1, 0.15) is 18.1 Å². The minimum absolute atomic E-state index is 0.485. The zero-order valence-electron chi connectivity index (χ0n) is 18.5. The van der Waals surface area contributed by atoms with Crippen LogP contribution in [-0.2, 0) is 13.1 Å². The van der Waals surface area contributed by atoms with E-state index in [9.17, 15) is 0 Å². The molecule has 0 aromatic heterocycles. The molecule has 2 aromatic rings. The summed E-state index contributed by atoms with van der Waals surface area (Å²) in [6.07, 6.45) is 0. The van der Waals surface area contributed by atoms with E-state index in [-0.39, 0.29) is 0 Å². The second-order valence-electron chi connectivity index (χ2n) is 6.23. The quantitative estimate of drug-likeness (QED) is 0.454. The number of methoxy groups -OCH3 is 5. The summed E-state index contributed by atoms with van der Waals surface area (Å²) >= 11 is 0. The maximum atomic E-state index is 5.55. The minimum Gasteiger partial charge on any atom is -0.493 e. The molecule has 2 rings (SSSR count). The first-order valence-corrected chi connectivity index (χ1v) is 9.62. The third-order valence-corrected chi connectivity index (χ3v) is 4.44. The van der Waals surface area contributed by atoms with Crippen LogP contribution in [0.2, 0.25) is 0 Å². The molecule has 0 saturated heterocycles. The number of hydrogen-bond acceptors (Lipinski definition) is 6. The predicted molar refractivity (Wildman–Crippen MR) is 117 cm³/mol. The summed E-state index contributed by atoms with van der Waals surface area (Å²) in [5.41, 5.74) is 1.93. The van der Waals surface area contributed by atoms with Crippen molar-refractivity contribution in [1.29, 1.82) is 0 Å². The number of guanidine groups is 1. The Labute approximate surface area is 178 Å². The van der Waals surface area contributed by atoms with E-state index >= 15 is 0 Å². The first-order chi connectivity index (χ1) is 14.6. The molecule has 0 saturated carbocycles. The molecule has 0 fully saturated rings. The van der Waals surface area contributed by atoms with Crippen molar-refractivity contribution in [1.82, 2.24) is 10.6 Å². The van der Waals surface area contributed by atoms with E-state index in [1.165, 1.54) is 0 Å². The first kappa shape index (κ1) is 23.0. The lowest BCUT2D eigenvalue weighted by atomic mass is 10.1. The number of nitrogens with one attached hydrogen (secondary N) is 2. The standard InChI is InChI=1S/C22H31N3O5/c1-7-23-22(24-13-15-8-10-17(26-2)19(12-15)28-4)25-14-16-9-11-18(27-3)21(30-6)20(16)29-5/h8-12H,7,13-14H2,1-6H3,(H2,23,24,25). The van der Waals surface area contributed by atoms with Crippen LogP contribution in [0.3, 0.4) is 0 Å². The van der Waals surface area contributed by atoms with Gasteiger partial charge in [0.2, 0.25) is 5.75 Å². The molecule has 0 aliphatic rings. The van der Waals surface area contributed by atoms with Crippen LogP contribution in [0.5, 0.6) is 28.7 Å². The summed E-state index contributed by atoms with van der Waals surface area (Å²) < 4.78 is 27.0. The van der Waals surface area contributed by atoms with E-state index in [1.807, 2.05) is 37.3 Å². The van der Waals surface area contributed by atoms with Gasteiger partial charge in [-0.1, -0.05) is 6.07 Å². The lowest BCUT2D eigenvalue weighted by molar-refractivity contribution is 0.322. The Kier molecular flexibility index (Phi) is 8.93. The largest absolute Gasteiger partial charge is 0.493 e. The molecule has 2 N–H and O–H groups in total. The Morgan fingerprint density at radius 1 is 0.767 bits per heavy atom. The average Bonchev–Trinajstić information content (AvgIpc) is 2.79. The number of hydrogen-bond donors (Lipinski definition) is 2. The Hall–Kier alpha value is -3.29. The normalized spacial score (nSPS) is 10.9. The molecule has 0 radical (unpaired) electrons. The van der Waals surface area contributed by atoms with Gasteiger partial charge >= 0.3 is 0 Å². The topological polar surface area (TPSA) is 82.6 Å². The second kappa shape index (κ2) is 11.6. The number of aliphatic imine (C=N–C) groups is 1. The highest BCUT2D eigenvalue weighted by molar-refractivity contribution is 5.80. The predicted octanol–water partition coefficient (Wildman–Crippen LogP) is 2.98. The molecule has 2 aromatic carbocycles. The molecule has 0 aliphatic heterocycles. The zero-order valence-corrected chi connectivity index (χ0v) is 18.5. The summed E-state index contributed by atoms with van der Waals surface area (Å²) in [7, 11) is 8.03. The number of nitrogens with zero attached hydrogens (tertiary/aromatic N) is 1. The van der Waals surface area contributed by atoms with Gasteiger partial charge in [0.1, 0.15) is 0 Å². The van der Waals surface area contributed by atoms with Crippen molar-refractivity contribution in [3.8, 4) is 28.7 Å². The Balaban J connectivity index is 2.16. The fraction of sp³-hybridized carbons (Fsp3) is 0.409. The van der Waals surface area contributed by atoms with Crippen LogP contribution in [0.15, 0.2) is 35.3 Å². The highest BCUT2D eigenvalue weighted by atomic mass is 16.5. The molecule has 30 heavy (non-hydrogen) atoms. The fourth-order valence-electron chi connectivity index (χ4n) is 2.97. The van der Waals surface area contributed by atoms with Crippen LogP contribution in [-0.4, -0.2) is 48.1 Å². The number of benzene rings is 2. The van der Waals surface area contributed by atoms with Crippen molar-refractivity contribution in [3.05, 3.63) is 41.5 Å². The molecule has 0 unspecified atom stereocenters. The summed E-state index contributed by atoms with van der Waals surface area (Å²) in [6.45, 7) is 3.74. The molecule has 0 aliphatic carbocycles. The summed E-state index contributed by atoms with van der Waals surface area (Å²) in [4.78, 5) is 4.66. The summed E-state index contributed by atoms with van der Waals surface area (Å²) in [5.74, 6) is 3.86. The lowest BCUT2D eigenvalue weighted by Gasteiger charge is -2.17. The SMILES string of the molecule is CCNC(=NCc1ccc(OC)c(OC)c1)NCc1ccc(OC)c(OC)c1OC. The summed E-state index contributed by atoms with van der Waals surface area (Å²) in [5, 5.41) is 6.58. The van der Waals surface area contributed by atoms with Gasteiger partial charge in [-0.25, -0.2) is 4.99 Å². The van der Waals surface area contributed by atoms with E-state index in [4.69, 9.17) is 23.7 Å². The molecular weight excluding hydrogens is 386 g/mol. The van der Waals surface area contributed by atoms with Crippen molar-refractivity contribution in [2.45, 2.75) is 20.0 Å². The van der Waals surface area contributed by atoms with Crippen LogP contribution < -0.4 is 34.3 Å². The van der Waals surface area contributed by atoms with Gasteiger partial charge in [0.15, 0.2) is 29.0 Å². The number of rotatable bonds is 10. The molecule has 164 valence electrons. The fourth-order valence-corrected chi connectivity index (χ4v) is 2.97. The number of ether oxygens (including phenoxy) is 5. The first-order valence-electron chi connectivity index (χ1n) is 9.62. The third kappa shape index (κ3) is 5.62. The van der Waals surface area contributed by atoms with Crippen molar-refractivity contribution in [2.75, 3.05) is 42.1 Å². The van der Waals surface area contributed by atoms with Crippen LogP contribution >= 0.6 is 0 Å². The maximum absolute atomic E-state index is 5.55. The van der Waals surface area contributed by atoms with Gasteiger partial charge in [-0.15, -0.1) is 0 Å². The van der Waals surface area contributed by atoms with Crippen LogP contribution in [0, 0.1) is 0 Å². The average molecular weight is 418 g/mol. The van der Waals surface area contributed by atoms with Gasteiger partial charge < -0.3 is 34.3 Å². The highest BCUT2D eigenvalue weighted by Gasteiger charge is 2.16. The van der Waals surface area contributed by atoms with Gasteiger partial charge in [-0.05, 0) is 36.8 Å². The Morgan fingerprint density at radius 3 is 2.03 bits per heavy atom. The summed E-state index contributed by atoms with van der Waals surface area (Å²) in [6, 6.07) is 9.55. The van der Waals surface area contributed by atoms with Crippen LogP contribution in [0.4, 0.5) is 0 Å². The van der Waals surface area contributed by atoms with Crippen molar-refractivity contribution < 1.29 is 23.7 Å². The molecule has 0 atom stereocenters. The Bertz CT molecular complexity index is 855. The molecule has 0 spiro atoms. The van der Waals surface area contributed by atoms with E-state index in [0.717, 1.165) is 17.7 Å². The highest BCUT2D eigenvalue weighted by Crippen LogP contribution is 2.39. The molecular formula is C22H31N3O5. The smallest absolute Gasteiger partial charge is 0.203 e. The maximum Gasteiger partial charge on any atom is 0.203 e. The van der Waals surface area contributed by atoms with Crippen molar-refractivity contribution >= 4 is 5.96 Å². The monoisotopic (exact) mass is 417 g/mol. The molecule has 0 heterocycles. The van der Waals surface area contributed by atoms with E-state index < -0.39 is 0 Å². The van der Waals surface area contributed by atoms with Gasteiger partial charge in [0.05, 0.1) is 42.1 Å².